The average molecular weight is 618 g/mol. The summed E-state index contributed by atoms with van der Waals surface area (Å²) in [5.41, 5.74) is 14.4. The SMILES string of the molecule is Cc1ccc(C(=O)NCCC[C@H](NC(=O)c2ccc(NCc3cnc4nc(N)nc(N)c4n3)s2)C(=O)O)c(-c2nn[nH]n2)c1. The number of carbonyl (C=O) groups excluding carboxylic acids is 2. The minimum absolute atomic E-state index is 0.00546. The molecular formula is C26H27N13O4S. The molecule has 5 aromatic rings. The first-order chi connectivity index (χ1) is 21.2. The first-order valence-electron chi connectivity index (χ1n) is 13.2. The van der Waals surface area contributed by atoms with Crippen LogP contribution in [0.1, 0.15) is 44.1 Å². The molecule has 5 rings (SSSR count). The van der Waals surface area contributed by atoms with Crippen LogP contribution in [-0.2, 0) is 11.3 Å². The molecule has 0 aliphatic rings. The van der Waals surface area contributed by atoms with Crippen LogP contribution in [0.15, 0.2) is 36.5 Å². The van der Waals surface area contributed by atoms with Gasteiger partial charge in [0.05, 0.1) is 33.9 Å². The molecule has 0 saturated heterocycles. The van der Waals surface area contributed by atoms with Gasteiger partial charge in [-0.15, -0.1) is 21.5 Å². The van der Waals surface area contributed by atoms with Crippen molar-refractivity contribution in [2.45, 2.75) is 32.4 Å². The highest BCUT2D eigenvalue weighted by Crippen LogP contribution is 2.24. The Morgan fingerprint density at radius 1 is 1.09 bits per heavy atom. The van der Waals surface area contributed by atoms with Crippen LogP contribution in [0.25, 0.3) is 22.6 Å². The average Bonchev–Trinajstić information content (AvgIpc) is 3.70. The maximum absolute atomic E-state index is 12.8. The summed E-state index contributed by atoms with van der Waals surface area (Å²) in [7, 11) is 0. The lowest BCUT2D eigenvalue weighted by atomic mass is 10.0. The monoisotopic (exact) mass is 617 g/mol. The minimum Gasteiger partial charge on any atom is -0.480 e. The number of fused-ring (bicyclic) bond motifs is 1. The number of carboxylic acid groups (broad SMARTS) is 1. The molecule has 44 heavy (non-hydrogen) atoms. The Labute approximate surface area is 252 Å². The van der Waals surface area contributed by atoms with Gasteiger partial charge in [-0.1, -0.05) is 11.6 Å². The fraction of sp³-hybridized carbons (Fsp3) is 0.231. The Hall–Kier alpha value is -5.78. The van der Waals surface area contributed by atoms with Gasteiger partial charge in [0.1, 0.15) is 6.04 Å². The second-order valence-corrected chi connectivity index (χ2v) is 10.6. The number of thiophene rings is 1. The number of aromatic amines is 1. The van der Waals surface area contributed by atoms with Gasteiger partial charge in [-0.25, -0.2) is 14.8 Å². The maximum atomic E-state index is 12.8. The van der Waals surface area contributed by atoms with E-state index in [-0.39, 0.29) is 48.7 Å². The standard InChI is InChI=1S/C26H27N13O4S/c1-12-4-5-14(15(9-12)21-36-38-39-37-21)23(40)29-8-2-3-16(25(42)43)33-24(41)17-6-7-18(44-17)30-10-13-11-31-22-19(32-13)20(27)34-26(28)35-22/h4-7,9,11,16,30H,2-3,8,10H2,1H3,(H,29,40)(H,33,41)(H,42,43)(H,36,37,38,39)(H4,27,28,31,34,35)/t16-/m0/s1. The van der Waals surface area contributed by atoms with E-state index in [1.165, 1.54) is 6.20 Å². The fourth-order valence-corrected chi connectivity index (χ4v) is 5.01. The smallest absolute Gasteiger partial charge is 0.326 e. The van der Waals surface area contributed by atoms with Gasteiger partial charge < -0.3 is 32.5 Å². The van der Waals surface area contributed by atoms with Crippen LogP contribution >= 0.6 is 11.3 Å². The van der Waals surface area contributed by atoms with E-state index < -0.39 is 17.9 Å². The number of carboxylic acids is 1. The number of H-pyrrole nitrogens is 1. The van der Waals surface area contributed by atoms with Gasteiger partial charge >= 0.3 is 5.97 Å². The fourth-order valence-electron chi connectivity index (χ4n) is 4.21. The van der Waals surface area contributed by atoms with Crippen molar-refractivity contribution in [3.63, 3.8) is 0 Å². The molecule has 17 nitrogen and oxygen atoms in total. The number of tetrazole rings is 1. The first-order valence-corrected chi connectivity index (χ1v) is 14.0. The topological polar surface area (TPSA) is 266 Å². The molecule has 2 amide bonds. The van der Waals surface area contributed by atoms with Crippen molar-refractivity contribution in [3.05, 3.63) is 58.2 Å². The summed E-state index contributed by atoms with van der Waals surface area (Å²) in [6.45, 7) is 2.34. The normalized spacial score (nSPS) is 11.7. The summed E-state index contributed by atoms with van der Waals surface area (Å²) in [4.78, 5) is 54.3. The number of nitrogen functional groups attached to an aromatic ring is 2. The molecule has 4 heterocycles. The summed E-state index contributed by atoms with van der Waals surface area (Å²) in [5, 5.41) is 32.6. The molecule has 0 fully saturated rings. The third-order valence-corrected chi connectivity index (χ3v) is 7.38. The van der Waals surface area contributed by atoms with Crippen molar-refractivity contribution >= 4 is 57.1 Å². The van der Waals surface area contributed by atoms with E-state index in [1.54, 1.807) is 30.3 Å². The van der Waals surface area contributed by atoms with E-state index in [4.69, 9.17) is 11.5 Å². The number of amides is 2. The lowest BCUT2D eigenvalue weighted by Gasteiger charge is -2.14. The number of anilines is 3. The van der Waals surface area contributed by atoms with E-state index in [0.29, 0.717) is 38.6 Å². The number of nitrogens with one attached hydrogen (secondary N) is 4. The Morgan fingerprint density at radius 2 is 1.93 bits per heavy atom. The molecule has 0 aliphatic heterocycles. The Morgan fingerprint density at radius 3 is 2.70 bits per heavy atom. The van der Waals surface area contributed by atoms with E-state index in [1.807, 2.05) is 6.92 Å². The van der Waals surface area contributed by atoms with Crippen LogP contribution in [0.3, 0.4) is 0 Å². The van der Waals surface area contributed by atoms with Crippen LogP contribution < -0.4 is 27.4 Å². The lowest BCUT2D eigenvalue weighted by Crippen LogP contribution is -2.41. The second-order valence-electron chi connectivity index (χ2n) is 9.56. The number of aryl methyl sites for hydroxylation is 1. The van der Waals surface area contributed by atoms with E-state index in [0.717, 1.165) is 16.9 Å². The summed E-state index contributed by atoms with van der Waals surface area (Å²) in [6, 6.07) is 7.37. The van der Waals surface area contributed by atoms with Gasteiger partial charge in [0.2, 0.25) is 11.8 Å². The van der Waals surface area contributed by atoms with Crippen molar-refractivity contribution in [2.75, 3.05) is 23.3 Å². The second kappa shape index (κ2) is 13.0. The van der Waals surface area contributed by atoms with Gasteiger partial charge in [-0.05, 0) is 49.2 Å². The van der Waals surface area contributed by atoms with Crippen LogP contribution in [0.5, 0.6) is 0 Å². The van der Waals surface area contributed by atoms with E-state index >= 15 is 0 Å². The van der Waals surface area contributed by atoms with Gasteiger partial charge in [-0.3, -0.25) is 9.59 Å². The van der Waals surface area contributed by atoms with Gasteiger partial charge in [-0.2, -0.15) is 15.2 Å². The van der Waals surface area contributed by atoms with Crippen LogP contribution in [0, 0.1) is 6.92 Å². The van der Waals surface area contributed by atoms with Crippen molar-refractivity contribution < 1.29 is 19.5 Å². The number of rotatable bonds is 12. The molecule has 0 spiro atoms. The molecule has 0 unspecified atom stereocenters. The van der Waals surface area contributed by atoms with Crippen molar-refractivity contribution in [1.29, 1.82) is 0 Å². The zero-order valence-electron chi connectivity index (χ0n) is 23.2. The van der Waals surface area contributed by atoms with Gasteiger partial charge in [0.25, 0.3) is 11.8 Å². The molecule has 0 saturated carbocycles. The third kappa shape index (κ3) is 6.98. The molecule has 0 bridgehead atoms. The Bertz CT molecular complexity index is 1830. The van der Waals surface area contributed by atoms with Crippen LogP contribution in [-0.4, -0.2) is 76.0 Å². The molecule has 1 aromatic carbocycles. The number of hydrogen-bond donors (Lipinski definition) is 7. The predicted molar refractivity (Wildman–Crippen MR) is 160 cm³/mol. The maximum Gasteiger partial charge on any atom is 0.326 e. The third-order valence-electron chi connectivity index (χ3n) is 6.34. The minimum atomic E-state index is -1.18. The molecule has 226 valence electrons. The molecule has 4 aromatic heterocycles. The van der Waals surface area contributed by atoms with Gasteiger partial charge in [0, 0.05) is 12.1 Å². The van der Waals surface area contributed by atoms with Gasteiger partial charge in [0.15, 0.2) is 17.0 Å². The molecular weight excluding hydrogens is 590 g/mol. The van der Waals surface area contributed by atoms with E-state index in [9.17, 15) is 19.5 Å². The lowest BCUT2D eigenvalue weighted by molar-refractivity contribution is -0.139. The molecule has 9 N–H and O–H groups in total. The zero-order valence-corrected chi connectivity index (χ0v) is 24.1. The Kier molecular flexibility index (Phi) is 8.80. The van der Waals surface area contributed by atoms with Crippen molar-refractivity contribution in [1.82, 2.24) is 51.2 Å². The van der Waals surface area contributed by atoms with Crippen LogP contribution in [0.4, 0.5) is 16.8 Å². The highest BCUT2D eigenvalue weighted by Gasteiger charge is 2.22. The number of aromatic nitrogens is 8. The molecule has 18 heteroatoms. The quantitative estimate of drug-likeness (QED) is 0.0968. The Balaban J connectivity index is 1.12. The zero-order chi connectivity index (χ0) is 31.2. The number of aliphatic carboxylic acids is 1. The summed E-state index contributed by atoms with van der Waals surface area (Å²) >= 11 is 1.15. The van der Waals surface area contributed by atoms with E-state index in [2.05, 4.69) is 56.5 Å². The molecule has 0 radical (unpaired) electrons. The summed E-state index contributed by atoms with van der Waals surface area (Å²) in [6.07, 6.45) is 1.93. The largest absolute Gasteiger partial charge is 0.480 e. The summed E-state index contributed by atoms with van der Waals surface area (Å²) in [5.74, 6) is -1.67. The number of carbonyl (C=O) groups is 3. The number of nitrogens with two attached hydrogens (primary N) is 2. The van der Waals surface area contributed by atoms with Crippen molar-refractivity contribution in [2.24, 2.45) is 0 Å². The first kappa shape index (κ1) is 29.7. The van der Waals surface area contributed by atoms with Crippen molar-refractivity contribution in [3.8, 4) is 11.4 Å². The number of benzene rings is 1. The highest BCUT2D eigenvalue weighted by molar-refractivity contribution is 7.17. The highest BCUT2D eigenvalue weighted by atomic mass is 32.1. The molecule has 0 aliphatic carbocycles. The summed E-state index contributed by atoms with van der Waals surface area (Å²) < 4.78 is 0. The number of hydrogen-bond acceptors (Lipinski definition) is 14. The predicted octanol–water partition coefficient (Wildman–Crippen LogP) is 1.14. The number of nitrogens with zero attached hydrogens (tertiary/aromatic N) is 7. The van der Waals surface area contributed by atoms with Crippen LogP contribution in [0.2, 0.25) is 0 Å². The molecule has 1 atom stereocenters.